The summed E-state index contributed by atoms with van der Waals surface area (Å²) in [4.78, 5) is 2.48. The molecule has 0 amide bonds. The Morgan fingerprint density at radius 3 is 2.85 bits per heavy atom. The number of nitrogens with zero attached hydrogens (tertiary/aromatic N) is 1. The van der Waals surface area contributed by atoms with Gasteiger partial charge in [0.15, 0.2) is 0 Å². The molecule has 1 saturated carbocycles. The molecule has 1 aliphatic heterocycles. The van der Waals surface area contributed by atoms with Gasteiger partial charge in [-0.2, -0.15) is 0 Å². The van der Waals surface area contributed by atoms with Gasteiger partial charge in [0, 0.05) is 19.1 Å². The van der Waals surface area contributed by atoms with Gasteiger partial charge in [-0.15, -0.1) is 0 Å². The summed E-state index contributed by atoms with van der Waals surface area (Å²) in [7, 11) is 0. The van der Waals surface area contributed by atoms with Crippen LogP contribution < -0.4 is 0 Å². The topological polar surface area (TPSA) is 32.7 Å². The Kier molecular flexibility index (Phi) is 2.86. The molecule has 1 atom stereocenters. The molecule has 2 aliphatic rings. The van der Waals surface area contributed by atoms with E-state index >= 15 is 0 Å². The van der Waals surface area contributed by atoms with Crippen molar-refractivity contribution in [1.29, 1.82) is 0 Å². The largest absolute Gasteiger partial charge is 0.394 e. The van der Waals surface area contributed by atoms with Crippen molar-refractivity contribution >= 4 is 0 Å². The summed E-state index contributed by atoms with van der Waals surface area (Å²) in [5.74, 6) is 0.903. The van der Waals surface area contributed by atoms with E-state index in [0.717, 1.165) is 31.7 Å². The standard InChI is InChI=1S/C10H19NO2/c1-8-4-9(5-8)11-2-3-13-10(6-11)7-12/h8-10,12H,2-7H2,1H3. The first-order chi connectivity index (χ1) is 6.29. The van der Waals surface area contributed by atoms with E-state index in [9.17, 15) is 0 Å². The summed E-state index contributed by atoms with van der Waals surface area (Å²) in [6, 6.07) is 0.771. The Labute approximate surface area is 79.7 Å². The van der Waals surface area contributed by atoms with Crippen molar-refractivity contribution in [3.63, 3.8) is 0 Å². The molecule has 0 aromatic heterocycles. The van der Waals surface area contributed by atoms with Crippen LogP contribution in [0.25, 0.3) is 0 Å². The Morgan fingerprint density at radius 1 is 1.46 bits per heavy atom. The molecule has 1 aliphatic carbocycles. The molecule has 2 rings (SSSR count). The third kappa shape index (κ3) is 2.03. The van der Waals surface area contributed by atoms with Crippen LogP contribution in [-0.4, -0.2) is 48.5 Å². The first-order valence-corrected chi connectivity index (χ1v) is 5.26. The molecule has 2 fully saturated rings. The molecule has 0 aromatic carbocycles. The summed E-state index contributed by atoms with van der Waals surface area (Å²) in [6.45, 7) is 5.23. The minimum absolute atomic E-state index is 0.0599. The normalized spacial score (nSPS) is 41.5. The average Bonchev–Trinajstić information content (AvgIpc) is 2.13. The molecule has 1 saturated heterocycles. The molecule has 76 valence electrons. The lowest BCUT2D eigenvalue weighted by Crippen LogP contribution is -2.52. The van der Waals surface area contributed by atoms with Gasteiger partial charge in [-0.05, 0) is 18.8 Å². The predicted molar refractivity (Wildman–Crippen MR) is 50.6 cm³/mol. The highest BCUT2D eigenvalue weighted by molar-refractivity contribution is 4.87. The maximum absolute atomic E-state index is 8.98. The van der Waals surface area contributed by atoms with Crippen molar-refractivity contribution in [3.8, 4) is 0 Å². The maximum Gasteiger partial charge on any atom is 0.0932 e. The fraction of sp³-hybridized carbons (Fsp3) is 1.00. The van der Waals surface area contributed by atoms with E-state index in [4.69, 9.17) is 9.84 Å². The maximum atomic E-state index is 8.98. The SMILES string of the molecule is CC1CC(N2CCOC(CO)C2)C1. The first kappa shape index (κ1) is 9.44. The molecule has 3 heteroatoms. The van der Waals surface area contributed by atoms with Crippen LogP contribution in [-0.2, 0) is 4.74 Å². The van der Waals surface area contributed by atoms with Crippen molar-refractivity contribution in [1.82, 2.24) is 4.90 Å². The van der Waals surface area contributed by atoms with E-state index in [1.807, 2.05) is 0 Å². The van der Waals surface area contributed by atoms with Gasteiger partial charge >= 0.3 is 0 Å². The summed E-state index contributed by atoms with van der Waals surface area (Å²) in [6.07, 6.45) is 2.72. The Bertz CT molecular complexity index is 168. The van der Waals surface area contributed by atoms with Crippen molar-refractivity contribution < 1.29 is 9.84 Å². The number of aliphatic hydroxyl groups is 1. The molecule has 1 heterocycles. The Balaban J connectivity index is 1.79. The lowest BCUT2D eigenvalue weighted by molar-refractivity contribution is -0.0798. The zero-order chi connectivity index (χ0) is 9.26. The zero-order valence-electron chi connectivity index (χ0n) is 8.28. The highest BCUT2D eigenvalue weighted by Gasteiger charge is 2.33. The first-order valence-electron chi connectivity index (χ1n) is 5.26. The molecular formula is C10H19NO2. The van der Waals surface area contributed by atoms with Gasteiger partial charge < -0.3 is 9.84 Å². The highest BCUT2D eigenvalue weighted by atomic mass is 16.5. The van der Waals surface area contributed by atoms with Crippen molar-refractivity contribution in [2.75, 3.05) is 26.3 Å². The monoisotopic (exact) mass is 185 g/mol. The third-order valence-electron chi connectivity index (χ3n) is 3.24. The van der Waals surface area contributed by atoms with Crippen LogP contribution in [0, 0.1) is 5.92 Å². The minimum atomic E-state index is 0.0599. The van der Waals surface area contributed by atoms with Gasteiger partial charge in [0.25, 0.3) is 0 Å². The summed E-state index contributed by atoms with van der Waals surface area (Å²) >= 11 is 0. The Morgan fingerprint density at radius 2 is 2.23 bits per heavy atom. The van der Waals surface area contributed by atoms with Gasteiger partial charge in [-0.1, -0.05) is 6.92 Å². The molecule has 0 bridgehead atoms. The smallest absolute Gasteiger partial charge is 0.0932 e. The summed E-state index contributed by atoms with van der Waals surface area (Å²) < 4.78 is 5.41. The highest BCUT2D eigenvalue weighted by Crippen LogP contribution is 2.31. The second-order valence-corrected chi connectivity index (χ2v) is 4.40. The van der Waals surface area contributed by atoms with Crippen LogP contribution in [0.4, 0.5) is 0 Å². The number of ether oxygens (including phenoxy) is 1. The number of aliphatic hydroxyl groups excluding tert-OH is 1. The van der Waals surface area contributed by atoms with E-state index in [2.05, 4.69) is 11.8 Å². The van der Waals surface area contributed by atoms with E-state index in [0.29, 0.717) is 0 Å². The third-order valence-corrected chi connectivity index (χ3v) is 3.24. The van der Waals surface area contributed by atoms with Crippen LogP contribution in [0.5, 0.6) is 0 Å². The van der Waals surface area contributed by atoms with Crippen molar-refractivity contribution in [2.45, 2.75) is 31.9 Å². The Hall–Kier alpha value is -0.120. The van der Waals surface area contributed by atoms with E-state index in [1.54, 1.807) is 0 Å². The minimum Gasteiger partial charge on any atom is -0.394 e. The van der Waals surface area contributed by atoms with E-state index in [-0.39, 0.29) is 12.7 Å². The van der Waals surface area contributed by atoms with Gasteiger partial charge in [0.05, 0.1) is 19.3 Å². The number of rotatable bonds is 2. The molecular weight excluding hydrogens is 166 g/mol. The van der Waals surface area contributed by atoms with Gasteiger partial charge in [-0.25, -0.2) is 0 Å². The number of morpholine rings is 1. The van der Waals surface area contributed by atoms with Crippen LogP contribution in [0.3, 0.4) is 0 Å². The average molecular weight is 185 g/mol. The van der Waals surface area contributed by atoms with Crippen molar-refractivity contribution in [2.24, 2.45) is 5.92 Å². The van der Waals surface area contributed by atoms with E-state index < -0.39 is 0 Å². The number of hydrogen-bond donors (Lipinski definition) is 1. The molecule has 13 heavy (non-hydrogen) atoms. The van der Waals surface area contributed by atoms with Gasteiger partial charge in [0.2, 0.25) is 0 Å². The molecule has 1 N–H and O–H groups in total. The van der Waals surface area contributed by atoms with Gasteiger partial charge in [-0.3, -0.25) is 4.90 Å². The van der Waals surface area contributed by atoms with Crippen LogP contribution in [0.15, 0.2) is 0 Å². The number of hydrogen-bond acceptors (Lipinski definition) is 3. The molecule has 0 aromatic rings. The van der Waals surface area contributed by atoms with Crippen LogP contribution >= 0.6 is 0 Å². The summed E-state index contributed by atoms with van der Waals surface area (Å²) in [5, 5.41) is 8.98. The van der Waals surface area contributed by atoms with Crippen LogP contribution in [0.2, 0.25) is 0 Å². The lowest BCUT2D eigenvalue weighted by atomic mass is 9.80. The molecule has 1 unspecified atom stereocenters. The van der Waals surface area contributed by atoms with Crippen LogP contribution in [0.1, 0.15) is 19.8 Å². The van der Waals surface area contributed by atoms with Crippen molar-refractivity contribution in [3.05, 3.63) is 0 Å². The predicted octanol–water partition coefficient (Wildman–Crippen LogP) is 0.478. The summed E-state index contributed by atoms with van der Waals surface area (Å²) in [5.41, 5.74) is 0. The molecule has 0 spiro atoms. The lowest BCUT2D eigenvalue weighted by Gasteiger charge is -2.44. The molecule has 3 nitrogen and oxygen atoms in total. The van der Waals surface area contributed by atoms with E-state index in [1.165, 1.54) is 12.8 Å². The fourth-order valence-corrected chi connectivity index (χ4v) is 2.34. The second kappa shape index (κ2) is 3.95. The molecule has 0 radical (unpaired) electrons. The fourth-order valence-electron chi connectivity index (χ4n) is 2.34. The quantitative estimate of drug-likeness (QED) is 0.679. The van der Waals surface area contributed by atoms with Gasteiger partial charge in [0.1, 0.15) is 0 Å². The zero-order valence-corrected chi connectivity index (χ0v) is 8.28. The second-order valence-electron chi connectivity index (χ2n) is 4.40.